The zero-order valence-electron chi connectivity index (χ0n) is 12.3. The summed E-state index contributed by atoms with van der Waals surface area (Å²) in [5.41, 5.74) is 8.13. The van der Waals surface area contributed by atoms with Crippen LogP contribution in [-0.2, 0) is 6.42 Å². The lowest BCUT2D eigenvalue weighted by atomic mass is 10.1. The van der Waals surface area contributed by atoms with E-state index in [9.17, 15) is 0 Å². The van der Waals surface area contributed by atoms with Gasteiger partial charge in [0.2, 0.25) is 0 Å². The van der Waals surface area contributed by atoms with E-state index in [0.717, 1.165) is 37.5 Å². The number of likely N-dealkylation sites (N-methyl/N-ethyl adjacent to an activating group) is 1. The first kappa shape index (κ1) is 16.3. The van der Waals surface area contributed by atoms with Crippen LogP contribution in [0.2, 0.25) is 5.02 Å². The smallest absolute Gasteiger partial charge is 0.0459 e. The van der Waals surface area contributed by atoms with Crippen LogP contribution in [0.25, 0.3) is 0 Å². The van der Waals surface area contributed by atoms with E-state index in [-0.39, 0.29) is 0 Å². The number of halogens is 1. The van der Waals surface area contributed by atoms with Crippen molar-refractivity contribution in [1.82, 2.24) is 4.90 Å². The summed E-state index contributed by atoms with van der Waals surface area (Å²) >= 11 is 6.32. The maximum absolute atomic E-state index is 6.32. The SMILES string of the molecule is CCCN(CCN(C)C)c1cccc(Cl)c1CCN. The van der Waals surface area contributed by atoms with Gasteiger partial charge in [-0.25, -0.2) is 0 Å². The Morgan fingerprint density at radius 3 is 2.47 bits per heavy atom. The van der Waals surface area contributed by atoms with Crippen LogP contribution in [-0.4, -0.2) is 45.2 Å². The van der Waals surface area contributed by atoms with Crippen molar-refractivity contribution in [3.05, 3.63) is 28.8 Å². The number of rotatable bonds is 8. The molecule has 0 spiro atoms. The molecule has 0 atom stereocenters. The molecular weight excluding hydrogens is 258 g/mol. The van der Waals surface area contributed by atoms with Crippen LogP contribution in [0.1, 0.15) is 18.9 Å². The predicted molar refractivity (Wildman–Crippen MR) is 85.3 cm³/mol. The van der Waals surface area contributed by atoms with Gasteiger partial charge in [0.15, 0.2) is 0 Å². The average Bonchev–Trinajstić information content (AvgIpc) is 2.37. The molecule has 0 unspecified atom stereocenters. The van der Waals surface area contributed by atoms with Gasteiger partial charge in [0.1, 0.15) is 0 Å². The van der Waals surface area contributed by atoms with Crippen molar-refractivity contribution in [3.8, 4) is 0 Å². The van der Waals surface area contributed by atoms with E-state index in [0.29, 0.717) is 6.54 Å². The molecule has 1 aromatic rings. The second-order valence-corrected chi connectivity index (χ2v) is 5.47. The maximum Gasteiger partial charge on any atom is 0.0459 e. The number of benzene rings is 1. The van der Waals surface area contributed by atoms with Gasteiger partial charge in [-0.05, 0) is 51.2 Å². The highest BCUT2D eigenvalue weighted by atomic mass is 35.5. The molecule has 0 heterocycles. The first-order valence-corrected chi connectivity index (χ1v) is 7.35. The zero-order valence-corrected chi connectivity index (χ0v) is 13.1. The van der Waals surface area contributed by atoms with Crippen molar-refractivity contribution in [3.63, 3.8) is 0 Å². The van der Waals surface area contributed by atoms with Gasteiger partial charge in [-0.3, -0.25) is 0 Å². The highest BCUT2D eigenvalue weighted by Crippen LogP contribution is 2.28. The molecule has 2 N–H and O–H groups in total. The van der Waals surface area contributed by atoms with Gasteiger partial charge < -0.3 is 15.5 Å². The van der Waals surface area contributed by atoms with Crippen molar-refractivity contribution in [1.29, 1.82) is 0 Å². The van der Waals surface area contributed by atoms with E-state index >= 15 is 0 Å². The summed E-state index contributed by atoms with van der Waals surface area (Å²) in [6, 6.07) is 6.13. The van der Waals surface area contributed by atoms with Crippen molar-refractivity contribution < 1.29 is 0 Å². The van der Waals surface area contributed by atoms with Gasteiger partial charge in [-0.1, -0.05) is 24.6 Å². The van der Waals surface area contributed by atoms with Gasteiger partial charge in [0.05, 0.1) is 0 Å². The van der Waals surface area contributed by atoms with E-state index in [1.54, 1.807) is 0 Å². The second kappa shape index (κ2) is 8.41. The number of nitrogens with zero attached hydrogens (tertiary/aromatic N) is 2. The molecule has 0 aliphatic rings. The Kier molecular flexibility index (Phi) is 7.21. The minimum Gasteiger partial charge on any atom is -0.370 e. The molecule has 0 bridgehead atoms. The summed E-state index contributed by atoms with van der Waals surface area (Å²) in [5.74, 6) is 0. The van der Waals surface area contributed by atoms with Crippen molar-refractivity contribution in [2.24, 2.45) is 5.73 Å². The predicted octanol–water partition coefficient (Wildman–Crippen LogP) is 2.62. The summed E-state index contributed by atoms with van der Waals surface area (Å²) in [5, 5.41) is 0.828. The number of anilines is 1. The lowest BCUT2D eigenvalue weighted by Gasteiger charge is -2.28. The molecule has 0 saturated heterocycles. The van der Waals surface area contributed by atoms with E-state index in [1.165, 1.54) is 11.3 Å². The standard InChI is InChI=1S/C15H26ClN3/c1-4-10-19(12-11-18(2)3)15-7-5-6-14(16)13(15)8-9-17/h5-7H,4,8-12,17H2,1-3H3. The number of nitrogens with two attached hydrogens (primary N) is 1. The normalized spacial score (nSPS) is 11.1. The van der Waals surface area contributed by atoms with Gasteiger partial charge in [0.25, 0.3) is 0 Å². The summed E-state index contributed by atoms with van der Waals surface area (Å²) in [4.78, 5) is 4.62. The number of hydrogen-bond donors (Lipinski definition) is 1. The minimum atomic E-state index is 0.629. The third-order valence-electron chi connectivity index (χ3n) is 3.14. The fraction of sp³-hybridized carbons (Fsp3) is 0.600. The molecule has 0 fully saturated rings. The van der Waals surface area contributed by atoms with Gasteiger partial charge in [0, 0.05) is 30.3 Å². The molecule has 0 aromatic heterocycles. The molecule has 0 radical (unpaired) electrons. The Morgan fingerprint density at radius 2 is 1.89 bits per heavy atom. The third kappa shape index (κ3) is 5.01. The molecule has 3 nitrogen and oxygen atoms in total. The van der Waals surface area contributed by atoms with Gasteiger partial charge in [-0.15, -0.1) is 0 Å². The van der Waals surface area contributed by atoms with E-state index in [1.807, 2.05) is 12.1 Å². The van der Waals surface area contributed by atoms with Crippen molar-refractivity contribution in [2.75, 3.05) is 45.2 Å². The molecule has 19 heavy (non-hydrogen) atoms. The molecule has 0 amide bonds. The van der Waals surface area contributed by atoms with Crippen LogP contribution < -0.4 is 10.6 Å². The highest BCUT2D eigenvalue weighted by molar-refractivity contribution is 6.31. The lowest BCUT2D eigenvalue weighted by Crippen LogP contribution is -2.33. The van der Waals surface area contributed by atoms with Crippen molar-refractivity contribution >= 4 is 17.3 Å². The minimum absolute atomic E-state index is 0.629. The van der Waals surface area contributed by atoms with E-state index in [4.69, 9.17) is 17.3 Å². The molecule has 0 saturated carbocycles. The molecule has 4 heteroatoms. The second-order valence-electron chi connectivity index (χ2n) is 5.07. The lowest BCUT2D eigenvalue weighted by molar-refractivity contribution is 0.413. The van der Waals surface area contributed by atoms with Crippen LogP contribution >= 0.6 is 11.6 Å². The molecule has 0 aliphatic carbocycles. The first-order valence-electron chi connectivity index (χ1n) is 6.97. The Bertz CT molecular complexity index is 380. The van der Waals surface area contributed by atoms with Crippen LogP contribution in [0, 0.1) is 0 Å². The fourth-order valence-corrected chi connectivity index (χ4v) is 2.44. The van der Waals surface area contributed by atoms with E-state index in [2.05, 4.69) is 36.9 Å². The Balaban J connectivity index is 2.96. The largest absolute Gasteiger partial charge is 0.370 e. The highest BCUT2D eigenvalue weighted by Gasteiger charge is 2.13. The molecule has 0 aliphatic heterocycles. The first-order chi connectivity index (χ1) is 9.10. The summed E-state index contributed by atoms with van der Waals surface area (Å²) in [6.45, 7) is 5.93. The Labute approximate surface area is 122 Å². The third-order valence-corrected chi connectivity index (χ3v) is 3.49. The summed E-state index contributed by atoms with van der Waals surface area (Å²) in [7, 11) is 4.20. The Hall–Kier alpha value is -0.770. The maximum atomic E-state index is 6.32. The quantitative estimate of drug-likeness (QED) is 0.796. The Morgan fingerprint density at radius 1 is 1.16 bits per heavy atom. The van der Waals surface area contributed by atoms with Gasteiger partial charge in [-0.2, -0.15) is 0 Å². The summed E-state index contributed by atoms with van der Waals surface area (Å²) < 4.78 is 0. The van der Waals surface area contributed by atoms with Crippen LogP contribution in [0.15, 0.2) is 18.2 Å². The fourth-order valence-electron chi connectivity index (χ4n) is 2.18. The van der Waals surface area contributed by atoms with Crippen molar-refractivity contribution in [2.45, 2.75) is 19.8 Å². The monoisotopic (exact) mass is 283 g/mol. The van der Waals surface area contributed by atoms with E-state index < -0.39 is 0 Å². The van der Waals surface area contributed by atoms with Crippen LogP contribution in [0.5, 0.6) is 0 Å². The summed E-state index contributed by atoms with van der Waals surface area (Å²) in [6.07, 6.45) is 1.96. The molecule has 1 rings (SSSR count). The molecule has 1 aromatic carbocycles. The topological polar surface area (TPSA) is 32.5 Å². The van der Waals surface area contributed by atoms with Gasteiger partial charge >= 0.3 is 0 Å². The zero-order chi connectivity index (χ0) is 14.3. The molecule has 108 valence electrons. The van der Waals surface area contributed by atoms with Crippen LogP contribution in [0.4, 0.5) is 5.69 Å². The van der Waals surface area contributed by atoms with Crippen LogP contribution in [0.3, 0.4) is 0 Å². The number of hydrogen-bond acceptors (Lipinski definition) is 3. The molecular formula is C15H26ClN3. The average molecular weight is 284 g/mol.